The van der Waals surface area contributed by atoms with Crippen molar-refractivity contribution in [2.75, 3.05) is 5.73 Å². The number of fused-ring (bicyclic) bond motifs is 2. The molecule has 3 aromatic carbocycles. The molecule has 3 N–H and O–H groups in total. The summed E-state index contributed by atoms with van der Waals surface area (Å²) in [5, 5.41) is 4.30. The van der Waals surface area contributed by atoms with Gasteiger partial charge in [-0.2, -0.15) is 0 Å². The summed E-state index contributed by atoms with van der Waals surface area (Å²) in [6.45, 7) is 3.32. The number of carbonyl (C=O) groups is 2. The van der Waals surface area contributed by atoms with E-state index in [4.69, 9.17) is 5.73 Å². The van der Waals surface area contributed by atoms with Gasteiger partial charge < -0.3 is 16.0 Å². The van der Waals surface area contributed by atoms with E-state index in [1.807, 2.05) is 41.3 Å². The molecule has 2 aliphatic rings. The molecule has 37 heavy (non-hydrogen) atoms. The topological polar surface area (TPSA) is 101 Å². The molecule has 1 saturated heterocycles. The Labute approximate surface area is 215 Å². The number of aldehydes is 1. The minimum Gasteiger partial charge on any atom is -0.368 e. The summed E-state index contributed by atoms with van der Waals surface area (Å²) in [6, 6.07) is 20.4. The van der Waals surface area contributed by atoms with E-state index in [1.165, 1.54) is 29.5 Å². The molecule has 6 rings (SSSR count). The van der Waals surface area contributed by atoms with E-state index in [9.17, 15) is 9.59 Å². The van der Waals surface area contributed by atoms with E-state index in [2.05, 4.69) is 40.4 Å². The predicted octanol–water partition coefficient (Wildman–Crippen LogP) is 4.53. The molecule has 0 spiro atoms. The molecule has 4 aromatic rings. The maximum absolute atomic E-state index is 13.9. The maximum atomic E-state index is 13.9. The third kappa shape index (κ3) is 4.36. The highest BCUT2D eigenvalue weighted by atomic mass is 16.2. The Morgan fingerprint density at radius 3 is 2.76 bits per heavy atom. The summed E-state index contributed by atoms with van der Waals surface area (Å²) < 4.78 is 0. The van der Waals surface area contributed by atoms with Crippen LogP contribution in [0, 0.1) is 0 Å². The SMILES string of the molecule is CC1CCC(Cc2cccc3c2CN(C(=O)c2nc(N)nc4ccc(-c5ccccc5C=O)cc24)C3)N1. The average Bonchev–Trinajstić information content (AvgIpc) is 3.54. The molecule has 1 fully saturated rings. The fourth-order valence-electron chi connectivity index (χ4n) is 5.76. The van der Waals surface area contributed by atoms with Crippen LogP contribution in [0.1, 0.15) is 57.3 Å². The molecule has 1 amide bonds. The average molecular weight is 492 g/mol. The van der Waals surface area contributed by atoms with Crippen molar-refractivity contribution in [2.45, 2.75) is 51.4 Å². The van der Waals surface area contributed by atoms with Gasteiger partial charge in [0, 0.05) is 36.1 Å². The lowest BCUT2D eigenvalue weighted by Gasteiger charge is -2.17. The second-order valence-electron chi connectivity index (χ2n) is 10.1. The van der Waals surface area contributed by atoms with Gasteiger partial charge in [0.2, 0.25) is 5.95 Å². The number of rotatable bonds is 5. The largest absolute Gasteiger partial charge is 0.368 e. The van der Waals surface area contributed by atoms with E-state index < -0.39 is 0 Å². The lowest BCUT2D eigenvalue weighted by molar-refractivity contribution is 0.0747. The highest BCUT2D eigenvalue weighted by Crippen LogP contribution is 2.32. The number of amides is 1. The van der Waals surface area contributed by atoms with Crippen molar-refractivity contribution in [1.82, 2.24) is 20.2 Å². The van der Waals surface area contributed by atoms with Crippen LogP contribution in [0.15, 0.2) is 60.7 Å². The molecule has 2 aliphatic heterocycles. The molecule has 1 aromatic heterocycles. The highest BCUT2D eigenvalue weighted by Gasteiger charge is 2.30. The first kappa shape index (κ1) is 23.3. The second kappa shape index (κ2) is 9.41. The van der Waals surface area contributed by atoms with E-state index in [-0.39, 0.29) is 17.5 Å². The summed E-state index contributed by atoms with van der Waals surface area (Å²) in [7, 11) is 0. The zero-order chi connectivity index (χ0) is 25.5. The van der Waals surface area contributed by atoms with Crippen molar-refractivity contribution in [3.8, 4) is 11.1 Å². The molecule has 2 atom stereocenters. The standard InChI is InChI=1S/C30H29N5O2/c1-18-9-11-23(32-18)13-19-6-4-7-21-15-35(16-26(19)21)29(37)28-25-14-20(10-12-27(25)33-30(31)34-28)24-8-3-2-5-22(24)17-36/h2-8,10,12,14,17-18,23,32H,9,11,13,15-16H2,1H3,(H2,31,33,34). The normalized spacial score (nSPS) is 18.8. The fourth-order valence-corrected chi connectivity index (χ4v) is 5.76. The zero-order valence-electron chi connectivity index (χ0n) is 20.8. The first-order valence-corrected chi connectivity index (χ1v) is 12.8. The van der Waals surface area contributed by atoms with Gasteiger partial charge in [-0.05, 0) is 66.1 Å². The van der Waals surface area contributed by atoms with E-state index in [0.29, 0.717) is 41.6 Å². The first-order valence-electron chi connectivity index (χ1n) is 12.8. The quantitative estimate of drug-likeness (QED) is 0.398. The van der Waals surface area contributed by atoms with Crippen molar-refractivity contribution in [2.24, 2.45) is 0 Å². The second-order valence-corrected chi connectivity index (χ2v) is 10.1. The summed E-state index contributed by atoms with van der Waals surface area (Å²) in [5.74, 6) is -0.106. The Morgan fingerprint density at radius 1 is 1.08 bits per heavy atom. The summed E-state index contributed by atoms with van der Waals surface area (Å²) >= 11 is 0. The van der Waals surface area contributed by atoms with Crippen molar-refractivity contribution in [3.63, 3.8) is 0 Å². The molecule has 2 unspecified atom stereocenters. The monoisotopic (exact) mass is 491 g/mol. The first-order chi connectivity index (χ1) is 18.0. The van der Waals surface area contributed by atoms with Gasteiger partial charge in [-0.15, -0.1) is 0 Å². The predicted molar refractivity (Wildman–Crippen MR) is 144 cm³/mol. The van der Waals surface area contributed by atoms with Gasteiger partial charge in [-0.1, -0.05) is 48.5 Å². The van der Waals surface area contributed by atoms with Gasteiger partial charge >= 0.3 is 0 Å². The summed E-state index contributed by atoms with van der Waals surface area (Å²) in [6.07, 6.45) is 4.19. The smallest absolute Gasteiger partial charge is 0.273 e. The number of nitrogens with two attached hydrogens (primary N) is 1. The van der Waals surface area contributed by atoms with E-state index >= 15 is 0 Å². The number of anilines is 1. The van der Waals surface area contributed by atoms with E-state index in [0.717, 1.165) is 23.8 Å². The van der Waals surface area contributed by atoms with Gasteiger partial charge in [-0.25, -0.2) is 9.97 Å². The van der Waals surface area contributed by atoms with Crippen LogP contribution in [0.5, 0.6) is 0 Å². The Bertz CT molecular complexity index is 1530. The van der Waals surface area contributed by atoms with Crippen molar-refractivity contribution >= 4 is 29.0 Å². The molecule has 0 radical (unpaired) electrons. The number of nitrogen functional groups attached to an aromatic ring is 1. The Balaban J connectivity index is 1.34. The lowest BCUT2D eigenvalue weighted by atomic mass is 9.97. The fraction of sp³-hybridized carbons (Fsp3) is 0.267. The van der Waals surface area contributed by atoms with Crippen LogP contribution < -0.4 is 11.1 Å². The number of hydrogen-bond acceptors (Lipinski definition) is 6. The van der Waals surface area contributed by atoms with Crippen LogP contribution in [0.2, 0.25) is 0 Å². The Hall–Kier alpha value is -4.10. The lowest BCUT2D eigenvalue weighted by Crippen LogP contribution is -2.29. The maximum Gasteiger partial charge on any atom is 0.273 e. The molecule has 186 valence electrons. The van der Waals surface area contributed by atoms with Crippen LogP contribution in [-0.2, 0) is 19.5 Å². The van der Waals surface area contributed by atoms with Crippen molar-refractivity contribution < 1.29 is 9.59 Å². The van der Waals surface area contributed by atoms with Crippen LogP contribution in [-0.4, -0.2) is 39.1 Å². The van der Waals surface area contributed by atoms with E-state index in [1.54, 1.807) is 6.07 Å². The number of benzene rings is 3. The van der Waals surface area contributed by atoms with Gasteiger partial charge in [0.25, 0.3) is 5.91 Å². The number of carbonyl (C=O) groups excluding carboxylic acids is 2. The highest BCUT2D eigenvalue weighted by molar-refractivity contribution is 6.06. The number of nitrogens with one attached hydrogen (secondary N) is 1. The minimum absolute atomic E-state index is 0.0655. The Kier molecular flexibility index (Phi) is 5.93. The van der Waals surface area contributed by atoms with Crippen molar-refractivity contribution in [3.05, 3.63) is 88.6 Å². The third-order valence-corrected chi connectivity index (χ3v) is 7.62. The van der Waals surface area contributed by atoms with Gasteiger partial charge in [0.1, 0.15) is 5.69 Å². The molecule has 7 heteroatoms. The van der Waals surface area contributed by atoms with Crippen LogP contribution >= 0.6 is 0 Å². The van der Waals surface area contributed by atoms with Gasteiger partial charge in [0.15, 0.2) is 6.29 Å². The molecular weight excluding hydrogens is 462 g/mol. The summed E-state index contributed by atoms with van der Waals surface area (Å²) in [4.78, 5) is 36.1. The van der Waals surface area contributed by atoms with Crippen molar-refractivity contribution in [1.29, 1.82) is 0 Å². The molecule has 0 bridgehead atoms. The summed E-state index contributed by atoms with van der Waals surface area (Å²) in [5.41, 5.74) is 12.8. The number of hydrogen-bond donors (Lipinski definition) is 2. The number of nitrogens with zero attached hydrogens (tertiary/aromatic N) is 3. The van der Waals surface area contributed by atoms with Crippen LogP contribution in [0.3, 0.4) is 0 Å². The van der Waals surface area contributed by atoms with Gasteiger partial charge in [0.05, 0.1) is 5.52 Å². The number of aromatic nitrogens is 2. The minimum atomic E-state index is -0.172. The molecule has 0 saturated carbocycles. The molecular formula is C30H29N5O2. The molecule has 7 nitrogen and oxygen atoms in total. The Morgan fingerprint density at radius 2 is 1.95 bits per heavy atom. The van der Waals surface area contributed by atoms with Gasteiger partial charge in [-0.3, -0.25) is 9.59 Å². The molecule has 3 heterocycles. The molecule has 0 aliphatic carbocycles. The zero-order valence-corrected chi connectivity index (χ0v) is 20.8. The third-order valence-electron chi connectivity index (χ3n) is 7.62. The van der Waals surface area contributed by atoms with Crippen LogP contribution in [0.25, 0.3) is 22.0 Å². The van der Waals surface area contributed by atoms with Crippen LogP contribution in [0.4, 0.5) is 5.95 Å².